The summed E-state index contributed by atoms with van der Waals surface area (Å²) in [5.74, 6) is 0.0951. The number of nitrogen functional groups attached to an aromatic ring is 1. The number of hydrogen-bond acceptors (Lipinski definition) is 4. The first kappa shape index (κ1) is 13.7. The van der Waals surface area contributed by atoms with E-state index < -0.39 is 0 Å². The summed E-state index contributed by atoms with van der Waals surface area (Å²) in [4.78, 5) is 18.8. The van der Waals surface area contributed by atoms with Crippen molar-refractivity contribution >= 4 is 28.2 Å². The third kappa shape index (κ3) is 2.18. The first-order chi connectivity index (χ1) is 10.0. The molecule has 1 aliphatic heterocycles. The summed E-state index contributed by atoms with van der Waals surface area (Å²) >= 11 is 0. The molecular weight excluding hydrogens is 264 g/mol. The number of carbonyl (C=O) groups is 1. The molecule has 1 aliphatic rings. The Balaban J connectivity index is 2.00. The standard InChI is InChI=1S/C16H20N4O/c1-16(15(21)18-2)7-9-20(10-16)13-6-5-12(17)11-4-3-8-19-14(11)13/h3-6,8H,7,9-10,17H2,1-2H3,(H,18,21). The van der Waals surface area contributed by atoms with Crippen LogP contribution in [0.2, 0.25) is 0 Å². The Kier molecular flexibility index (Phi) is 3.20. The molecule has 1 aromatic heterocycles. The summed E-state index contributed by atoms with van der Waals surface area (Å²) in [5.41, 5.74) is 8.36. The van der Waals surface area contributed by atoms with E-state index in [4.69, 9.17) is 5.73 Å². The molecule has 0 aliphatic carbocycles. The average Bonchev–Trinajstić information content (AvgIpc) is 2.90. The van der Waals surface area contributed by atoms with Crippen LogP contribution in [0, 0.1) is 5.41 Å². The molecule has 1 amide bonds. The molecule has 0 bridgehead atoms. The summed E-state index contributed by atoms with van der Waals surface area (Å²) in [5, 5.41) is 3.73. The molecule has 5 heteroatoms. The van der Waals surface area contributed by atoms with Crippen molar-refractivity contribution in [1.82, 2.24) is 10.3 Å². The number of hydrogen-bond donors (Lipinski definition) is 2. The molecule has 1 unspecified atom stereocenters. The van der Waals surface area contributed by atoms with E-state index in [0.29, 0.717) is 6.54 Å². The molecule has 0 spiro atoms. The summed E-state index contributed by atoms with van der Waals surface area (Å²) in [6.07, 6.45) is 2.62. The van der Waals surface area contributed by atoms with Crippen LogP contribution in [0.3, 0.4) is 0 Å². The first-order valence-electron chi connectivity index (χ1n) is 7.15. The van der Waals surface area contributed by atoms with E-state index in [-0.39, 0.29) is 11.3 Å². The molecule has 0 radical (unpaired) electrons. The van der Waals surface area contributed by atoms with E-state index in [1.807, 2.05) is 31.2 Å². The molecule has 1 aromatic carbocycles. The van der Waals surface area contributed by atoms with Crippen molar-refractivity contribution in [3.63, 3.8) is 0 Å². The predicted octanol–water partition coefficient (Wildman–Crippen LogP) is 1.78. The smallest absolute Gasteiger partial charge is 0.227 e. The number of pyridine rings is 1. The maximum absolute atomic E-state index is 12.1. The van der Waals surface area contributed by atoms with Crippen LogP contribution in [0.4, 0.5) is 11.4 Å². The summed E-state index contributed by atoms with van der Waals surface area (Å²) < 4.78 is 0. The van der Waals surface area contributed by atoms with Crippen LogP contribution in [0.1, 0.15) is 13.3 Å². The monoisotopic (exact) mass is 284 g/mol. The van der Waals surface area contributed by atoms with Gasteiger partial charge >= 0.3 is 0 Å². The molecule has 2 aromatic rings. The minimum Gasteiger partial charge on any atom is -0.398 e. The van der Waals surface area contributed by atoms with E-state index in [2.05, 4.69) is 15.2 Å². The SMILES string of the molecule is CNC(=O)C1(C)CCN(c2ccc(N)c3cccnc23)C1. The van der Waals surface area contributed by atoms with Gasteiger partial charge in [0.15, 0.2) is 0 Å². The molecule has 3 N–H and O–H groups in total. The average molecular weight is 284 g/mol. The van der Waals surface area contributed by atoms with Gasteiger partial charge in [-0.2, -0.15) is 0 Å². The topological polar surface area (TPSA) is 71.2 Å². The number of nitrogens with zero attached hydrogens (tertiary/aromatic N) is 2. The normalized spacial score (nSPS) is 21.7. The van der Waals surface area contributed by atoms with Crippen molar-refractivity contribution in [2.24, 2.45) is 5.41 Å². The number of nitrogens with one attached hydrogen (secondary N) is 1. The lowest BCUT2D eigenvalue weighted by molar-refractivity contribution is -0.128. The second kappa shape index (κ2) is 4.91. The highest BCUT2D eigenvalue weighted by Crippen LogP contribution is 2.37. The minimum absolute atomic E-state index is 0.0951. The highest BCUT2D eigenvalue weighted by atomic mass is 16.2. The van der Waals surface area contributed by atoms with Gasteiger partial charge in [0.2, 0.25) is 5.91 Å². The molecule has 3 rings (SSSR count). The first-order valence-corrected chi connectivity index (χ1v) is 7.15. The number of carbonyl (C=O) groups excluding carboxylic acids is 1. The van der Waals surface area contributed by atoms with E-state index >= 15 is 0 Å². The number of benzene rings is 1. The third-order valence-corrected chi connectivity index (χ3v) is 4.37. The van der Waals surface area contributed by atoms with Crippen LogP contribution in [0.25, 0.3) is 10.9 Å². The second-order valence-electron chi connectivity index (χ2n) is 5.88. The number of aromatic nitrogens is 1. The van der Waals surface area contributed by atoms with Gasteiger partial charge in [-0.25, -0.2) is 0 Å². The Morgan fingerprint density at radius 1 is 1.43 bits per heavy atom. The van der Waals surface area contributed by atoms with Gasteiger partial charge in [-0.1, -0.05) is 0 Å². The molecule has 2 heterocycles. The number of nitrogens with two attached hydrogens (primary N) is 1. The molecule has 0 saturated carbocycles. The van der Waals surface area contributed by atoms with Crippen molar-refractivity contribution in [1.29, 1.82) is 0 Å². The van der Waals surface area contributed by atoms with Gasteiger partial charge in [0.25, 0.3) is 0 Å². The Hall–Kier alpha value is -2.30. The largest absolute Gasteiger partial charge is 0.398 e. The zero-order valence-corrected chi connectivity index (χ0v) is 12.4. The lowest BCUT2D eigenvalue weighted by Gasteiger charge is -2.24. The fraction of sp³-hybridized carbons (Fsp3) is 0.375. The van der Waals surface area contributed by atoms with Gasteiger partial charge in [-0.3, -0.25) is 9.78 Å². The van der Waals surface area contributed by atoms with Gasteiger partial charge < -0.3 is 16.0 Å². The van der Waals surface area contributed by atoms with Gasteiger partial charge in [0.05, 0.1) is 16.6 Å². The van der Waals surface area contributed by atoms with E-state index in [9.17, 15) is 4.79 Å². The lowest BCUT2D eigenvalue weighted by atomic mass is 9.89. The molecule has 110 valence electrons. The molecular formula is C16H20N4O. The zero-order chi connectivity index (χ0) is 15.0. The fourth-order valence-corrected chi connectivity index (χ4v) is 3.09. The molecule has 1 atom stereocenters. The Labute approximate surface area is 124 Å². The second-order valence-corrected chi connectivity index (χ2v) is 5.88. The lowest BCUT2D eigenvalue weighted by Crippen LogP contribution is -2.39. The molecule has 1 saturated heterocycles. The Bertz CT molecular complexity index is 700. The van der Waals surface area contributed by atoms with Crippen LogP contribution in [0.15, 0.2) is 30.5 Å². The highest BCUT2D eigenvalue weighted by molar-refractivity contribution is 5.99. The van der Waals surface area contributed by atoms with Gasteiger partial charge in [-0.15, -0.1) is 0 Å². The number of fused-ring (bicyclic) bond motifs is 1. The Morgan fingerprint density at radius 3 is 3.00 bits per heavy atom. The number of rotatable bonds is 2. The van der Waals surface area contributed by atoms with Crippen LogP contribution in [-0.2, 0) is 4.79 Å². The van der Waals surface area contributed by atoms with Crippen LogP contribution in [-0.4, -0.2) is 31.0 Å². The van der Waals surface area contributed by atoms with Gasteiger partial charge in [-0.05, 0) is 37.6 Å². The highest BCUT2D eigenvalue weighted by Gasteiger charge is 2.40. The molecule has 5 nitrogen and oxygen atoms in total. The summed E-state index contributed by atoms with van der Waals surface area (Å²) in [6.45, 7) is 3.56. The predicted molar refractivity (Wildman–Crippen MR) is 85.2 cm³/mol. The van der Waals surface area contributed by atoms with E-state index in [1.54, 1.807) is 13.2 Å². The van der Waals surface area contributed by atoms with Crippen molar-refractivity contribution in [3.05, 3.63) is 30.5 Å². The number of anilines is 2. The maximum atomic E-state index is 12.1. The quantitative estimate of drug-likeness (QED) is 0.825. The zero-order valence-electron chi connectivity index (χ0n) is 12.4. The maximum Gasteiger partial charge on any atom is 0.227 e. The Morgan fingerprint density at radius 2 is 2.24 bits per heavy atom. The number of amides is 1. The van der Waals surface area contributed by atoms with Gasteiger partial charge in [0, 0.05) is 37.4 Å². The fourth-order valence-electron chi connectivity index (χ4n) is 3.09. The van der Waals surface area contributed by atoms with E-state index in [0.717, 1.165) is 35.2 Å². The van der Waals surface area contributed by atoms with Crippen molar-refractivity contribution in [2.45, 2.75) is 13.3 Å². The molecule has 1 fully saturated rings. The van der Waals surface area contributed by atoms with Crippen LogP contribution >= 0.6 is 0 Å². The van der Waals surface area contributed by atoms with Crippen molar-refractivity contribution in [3.8, 4) is 0 Å². The van der Waals surface area contributed by atoms with E-state index in [1.165, 1.54) is 0 Å². The van der Waals surface area contributed by atoms with Gasteiger partial charge in [0.1, 0.15) is 0 Å². The summed E-state index contributed by atoms with van der Waals surface area (Å²) in [6, 6.07) is 7.78. The molecule has 21 heavy (non-hydrogen) atoms. The van der Waals surface area contributed by atoms with Crippen molar-refractivity contribution < 1.29 is 4.79 Å². The van der Waals surface area contributed by atoms with Crippen molar-refractivity contribution in [2.75, 3.05) is 30.8 Å². The summed E-state index contributed by atoms with van der Waals surface area (Å²) in [7, 11) is 1.69. The van der Waals surface area contributed by atoms with Crippen LogP contribution in [0.5, 0.6) is 0 Å². The van der Waals surface area contributed by atoms with Crippen LogP contribution < -0.4 is 16.0 Å². The third-order valence-electron chi connectivity index (χ3n) is 4.37. The minimum atomic E-state index is -0.350.